The number of hydrogen-bond donors (Lipinski definition) is 3. The lowest BCUT2D eigenvalue weighted by Gasteiger charge is -2.02. The Morgan fingerprint density at radius 3 is 2.46 bits per heavy atom. The maximum atomic E-state index is 11.0. The Bertz CT molecular complexity index is 281. The Morgan fingerprint density at radius 1 is 1.38 bits per heavy atom. The number of hydrazine groups is 1. The Kier molecular flexibility index (Phi) is 3.28. The molecule has 4 N–H and O–H groups in total. The van der Waals surface area contributed by atoms with Crippen LogP contribution in [0.3, 0.4) is 0 Å². The van der Waals surface area contributed by atoms with Gasteiger partial charge in [0, 0.05) is 12.7 Å². The van der Waals surface area contributed by atoms with Crippen molar-refractivity contribution in [2.75, 3.05) is 12.5 Å². The van der Waals surface area contributed by atoms with Crippen molar-refractivity contribution in [3.63, 3.8) is 0 Å². The van der Waals surface area contributed by atoms with Gasteiger partial charge < -0.3 is 10.7 Å². The summed E-state index contributed by atoms with van der Waals surface area (Å²) in [5.74, 6) is 5.21. The molecule has 1 rings (SSSR count). The van der Waals surface area contributed by atoms with Gasteiger partial charge in [0.25, 0.3) is 0 Å². The summed E-state index contributed by atoms with van der Waals surface area (Å²) in [6.45, 7) is 0. The van der Waals surface area contributed by atoms with E-state index in [1.165, 1.54) is 0 Å². The van der Waals surface area contributed by atoms with Crippen molar-refractivity contribution in [2.45, 2.75) is 6.42 Å². The maximum absolute atomic E-state index is 11.0. The smallest absolute Gasteiger partial charge is 0.224 e. The summed E-state index contributed by atoms with van der Waals surface area (Å²) >= 11 is 0. The largest absolute Gasteiger partial charge is 0.359 e. The van der Waals surface area contributed by atoms with Gasteiger partial charge in [-0.25, -0.2) is 0 Å². The van der Waals surface area contributed by atoms with Crippen LogP contribution >= 0.6 is 0 Å². The van der Waals surface area contributed by atoms with Gasteiger partial charge in [0.05, 0.1) is 6.42 Å². The fraction of sp³-hybridized carbons (Fsp3) is 0.222. The number of amides is 1. The van der Waals surface area contributed by atoms with E-state index in [2.05, 4.69) is 10.7 Å². The summed E-state index contributed by atoms with van der Waals surface area (Å²) < 4.78 is 0. The zero-order valence-corrected chi connectivity index (χ0v) is 7.50. The minimum absolute atomic E-state index is 0.00783. The summed E-state index contributed by atoms with van der Waals surface area (Å²) in [7, 11) is 1.62. The Labute approximate surface area is 77.1 Å². The van der Waals surface area contributed by atoms with Gasteiger partial charge in [-0.2, -0.15) is 0 Å². The first kappa shape index (κ1) is 9.54. The van der Waals surface area contributed by atoms with Gasteiger partial charge in [-0.15, -0.1) is 0 Å². The van der Waals surface area contributed by atoms with Crippen LogP contribution in [0.2, 0.25) is 0 Å². The highest BCUT2D eigenvalue weighted by atomic mass is 16.1. The molecule has 4 heteroatoms. The number of carbonyl (C=O) groups is 1. The predicted octanol–water partition coefficient (Wildman–Crippen LogP) is 0.261. The molecule has 0 saturated carbocycles. The van der Waals surface area contributed by atoms with Crippen LogP contribution in [0.5, 0.6) is 0 Å². The summed E-state index contributed by atoms with van der Waals surface area (Å²) in [5.41, 5.74) is 4.33. The molecule has 0 unspecified atom stereocenters. The van der Waals surface area contributed by atoms with Crippen LogP contribution < -0.4 is 16.6 Å². The summed E-state index contributed by atoms with van der Waals surface area (Å²) in [5, 5.41) is 2.56. The third-order valence-corrected chi connectivity index (χ3v) is 1.76. The zero-order chi connectivity index (χ0) is 9.68. The first-order chi connectivity index (χ1) is 6.26. The van der Waals surface area contributed by atoms with Crippen molar-refractivity contribution in [3.05, 3.63) is 29.8 Å². The number of benzene rings is 1. The molecule has 70 valence electrons. The number of rotatable bonds is 3. The highest BCUT2D eigenvalue weighted by Crippen LogP contribution is 2.08. The Balaban J connectivity index is 2.64. The number of hydrogen-bond acceptors (Lipinski definition) is 3. The fourth-order valence-electron chi connectivity index (χ4n) is 0.993. The lowest BCUT2D eigenvalue weighted by Crippen LogP contribution is -2.19. The molecular weight excluding hydrogens is 166 g/mol. The molecular formula is C9H13N3O. The molecule has 1 aromatic rings. The van der Waals surface area contributed by atoms with Gasteiger partial charge in [-0.05, 0) is 17.7 Å². The summed E-state index contributed by atoms with van der Waals surface area (Å²) in [6, 6.07) is 7.39. The third-order valence-electron chi connectivity index (χ3n) is 1.76. The molecule has 13 heavy (non-hydrogen) atoms. The van der Waals surface area contributed by atoms with E-state index >= 15 is 0 Å². The molecule has 0 radical (unpaired) electrons. The van der Waals surface area contributed by atoms with E-state index in [0.717, 1.165) is 11.3 Å². The van der Waals surface area contributed by atoms with Gasteiger partial charge in [0.15, 0.2) is 0 Å². The van der Waals surface area contributed by atoms with Crippen molar-refractivity contribution in [2.24, 2.45) is 5.84 Å². The molecule has 0 saturated heterocycles. The minimum Gasteiger partial charge on any atom is -0.359 e. The topological polar surface area (TPSA) is 67.2 Å². The van der Waals surface area contributed by atoms with E-state index in [0.29, 0.717) is 6.42 Å². The number of nitrogens with one attached hydrogen (secondary N) is 2. The van der Waals surface area contributed by atoms with Crippen LogP contribution in [0.1, 0.15) is 5.56 Å². The predicted molar refractivity (Wildman–Crippen MR) is 52.0 cm³/mol. The van der Waals surface area contributed by atoms with Crippen molar-refractivity contribution < 1.29 is 4.79 Å². The molecule has 0 aliphatic rings. The van der Waals surface area contributed by atoms with Crippen LogP contribution in [0.25, 0.3) is 0 Å². The fourth-order valence-corrected chi connectivity index (χ4v) is 0.993. The molecule has 0 atom stereocenters. The molecule has 0 bridgehead atoms. The van der Waals surface area contributed by atoms with Crippen LogP contribution in [-0.4, -0.2) is 13.0 Å². The maximum Gasteiger partial charge on any atom is 0.224 e. The average molecular weight is 179 g/mol. The number of nitrogens with two attached hydrogens (primary N) is 1. The second-order valence-electron chi connectivity index (χ2n) is 2.69. The summed E-state index contributed by atoms with van der Waals surface area (Å²) in [6.07, 6.45) is 0.404. The van der Waals surface area contributed by atoms with E-state index in [1.54, 1.807) is 7.05 Å². The average Bonchev–Trinajstić information content (AvgIpc) is 2.19. The van der Waals surface area contributed by atoms with E-state index in [-0.39, 0.29) is 5.91 Å². The Hall–Kier alpha value is -1.55. The first-order valence-corrected chi connectivity index (χ1v) is 4.02. The van der Waals surface area contributed by atoms with Crippen LogP contribution in [0.4, 0.5) is 5.69 Å². The minimum atomic E-state index is 0.00783. The normalized spacial score (nSPS) is 9.38. The molecule has 0 heterocycles. The number of likely N-dealkylation sites (N-methyl/N-ethyl adjacent to an activating group) is 1. The monoisotopic (exact) mass is 179 g/mol. The van der Waals surface area contributed by atoms with Crippen molar-refractivity contribution in [1.29, 1.82) is 0 Å². The number of carbonyl (C=O) groups excluding carboxylic acids is 1. The van der Waals surface area contributed by atoms with Gasteiger partial charge in [0.2, 0.25) is 5.91 Å². The molecule has 0 spiro atoms. The summed E-state index contributed by atoms with van der Waals surface area (Å²) in [4.78, 5) is 11.0. The third kappa shape index (κ3) is 2.76. The zero-order valence-electron chi connectivity index (χ0n) is 7.50. The molecule has 0 aromatic heterocycles. The standard InChI is InChI=1S/C9H13N3O/c1-11-9(13)6-7-2-4-8(12-10)5-3-7/h2-5,12H,6,10H2,1H3,(H,11,13). The second-order valence-corrected chi connectivity index (χ2v) is 2.69. The van der Waals surface area contributed by atoms with Gasteiger partial charge in [-0.3, -0.25) is 10.6 Å². The van der Waals surface area contributed by atoms with Crippen molar-refractivity contribution in [3.8, 4) is 0 Å². The van der Waals surface area contributed by atoms with Gasteiger partial charge >= 0.3 is 0 Å². The molecule has 0 fully saturated rings. The second kappa shape index (κ2) is 4.47. The molecule has 1 aromatic carbocycles. The van der Waals surface area contributed by atoms with Gasteiger partial charge in [-0.1, -0.05) is 12.1 Å². The van der Waals surface area contributed by atoms with E-state index in [4.69, 9.17) is 5.84 Å². The lowest BCUT2D eigenvalue weighted by atomic mass is 10.1. The number of nitrogen functional groups attached to an aromatic ring is 1. The highest BCUT2D eigenvalue weighted by molar-refractivity contribution is 5.78. The van der Waals surface area contributed by atoms with Gasteiger partial charge in [0.1, 0.15) is 0 Å². The van der Waals surface area contributed by atoms with Crippen LogP contribution in [-0.2, 0) is 11.2 Å². The van der Waals surface area contributed by atoms with Crippen LogP contribution in [0, 0.1) is 0 Å². The van der Waals surface area contributed by atoms with Crippen LogP contribution in [0.15, 0.2) is 24.3 Å². The SMILES string of the molecule is CNC(=O)Cc1ccc(NN)cc1. The van der Waals surface area contributed by atoms with Crippen molar-refractivity contribution in [1.82, 2.24) is 5.32 Å². The lowest BCUT2D eigenvalue weighted by molar-refractivity contribution is -0.119. The molecule has 1 amide bonds. The quantitative estimate of drug-likeness (QED) is 0.460. The Morgan fingerprint density at radius 2 is 2.00 bits per heavy atom. The molecule has 0 aliphatic carbocycles. The van der Waals surface area contributed by atoms with E-state index in [9.17, 15) is 4.79 Å². The van der Waals surface area contributed by atoms with E-state index < -0.39 is 0 Å². The van der Waals surface area contributed by atoms with Crippen molar-refractivity contribution >= 4 is 11.6 Å². The van der Waals surface area contributed by atoms with E-state index in [1.807, 2.05) is 24.3 Å². The highest BCUT2D eigenvalue weighted by Gasteiger charge is 1.99. The molecule has 4 nitrogen and oxygen atoms in total. The first-order valence-electron chi connectivity index (χ1n) is 4.02. The molecule has 0 aliphatic heterocycles. The number of anilines is 1.